The molecule has 2 aromatic rings. The van der Waals surface area contributed by atoms with E-state index in [0.29, 0.717) is 25.1 Å². The molecule has 0 spiro atoms. The van der Waals surface area contributed by atoms with E-state index in [9.17, 15) is 18.4 Å². The van der Waals surface area contributed by atoms with Crippen molar-refractivity contribution < 1.29 is 27.8 Å². The Morgan fingerprint density at radius 2 is 1.91 bits per heavy atom. The highest BCUT2D eigenvalue weighted by atomic mass is 19.3. The van der Waals surface area contributed by atoms with Crippen molar-refractivity contribution in [2.45, 2.75) is 51.8 Å². The molecule has 1 aliphatic heterocycles. The third kappa shape index (κ3) is 6.21. The summed E-state index contributed by atoms with van der Waals surface area (Å²) in [5.41, 5.74) is 1.58. The maximum atomic E-state index is 13.3. The molecule has 8 heteroatoms. The first-order valence-electron chi connectivity index (χ1n) is 11.2. The Labute approximate surface area is 192 Å². The minimum Gasteiger partial charge on any atom is -0.496 e. The molecule has 2 amide bonds. The second-order valence-electron chi connectivity index (χ2n) is 8.01. The van der Waals surface area contributed by atoms with E-state index in [0.717, 1.165) is 24.0 Å². The lowest BCUT2D eigenvalue weighted by Crippen LogP contribution is -2.48. The van der Waals surface area contributed by atoms with Gasteiger partial charge in [-0.2, -0.15) is 8.78 Å². The second-order valence-corrected chi connectivity index (χ2v) is 8.01. The number of alkyl halides is 2. The van der Waals surface area contributed by atoms with Crippen LogP contribution in [0.4, 0.5) is 8.78 Å². The molecule has 178 valence electrons. The molecule has 0 saturated carbocycles. The molecule has 1 aliphatic rings. The van der Waals surface area contributed by atoms with Crippen LogP contribution in [0.25, 0.3) is 0 Å². The van der Waals surface area contributed by atoms with E-state index in [-0.39, 0.29) is 24.1 Å². The average molecular weight is 461 g/mol. The zero-order valence-electron chi connectivity index (χ0n) is 18.9. The van der Waals surface area contributed by atoms with Gasteiger partial charge in [-0.3, -0.25) is 9.59 Å². The summed E-state index contributed by atoms with van der Waals surface area (Å²) in [4.78, 5) is 27.9. The third-order valence-electron chi connectivity index (χ3n) is 5.87. The highest BCUT2D eigenvalue weighted by molar-refractivity contribution is 5.85. The van der Waals surface area contributed by atoms with E-state index in [2.05, 4.69) is 17.0 Å². The van der Waals surface area contributed by atoms with Gasteiger partial charge in [0.05, 0.1) is 19.1 Å². The zero-order chi connectivity index (χ0) is 23.8. The van der Waals surface area contributed by atoms with E-state index >= 15 is 0 Å². The topological polar surface area (TPSA) is 67.9 Å². The van der Waals surface area contributed by atoms with Gasteiger partial charge in [0.15, 0.2) is 0 Å². The quantitative estimate of drug-likeness (QED) is 0.559. The molecule has 0 bridgehead atoms. The van der Waals surface area contributed by atoms with Crippen LogP contribution in [0.3, 0.4) is 0 Å². The molecule has 3 rings (SSSR count). The summed E-state index contributed by atoms with van der Waals surface area (Å²) in [6.07, 6.45) is 2.54. The van der Waals surface area contributed by atoms with E-state index in [4.69, 9.17) is 4.74 Å². The maximum absolute atomic E-state index is 13.3. The molecule has 1 N–H and O–H groups in total. The number of hydrogen-bond acceptors (Lipinski definition) is 4. The van der Waals surface area contributed by atoms with Crippen LogP contribution in [0.5, 0.6) is 11.5 Å². The normalized spacial score (nSPS) is 18.3. The van der Waals surface area contributed by atoms with Crippen LogP contribution in [0, 0.1) is 5.92 Å². The number of piperidine rings is 1. The lowest BCUT2D eigenvalue weighted by atomic mass is 9.83. The van der Waals surface area contributed by atoms with Gasteiger partial charge in [-0.15, -0.1) is 0 Å². The van der Waals surface area contributed by atoms with Crippen molar-refractivity contribution in [2.24, 2.45) is 5.92 Å². The zero-order valence-corrected chi connectivity index (χ0v) is 18.9. The molecule has 2 unspecified atom stereocenters. The van der Waals surface area contributed by atoms with E-state index in [1.165, 1.54) is 12.1 Å². The van der Waals surface area contributed by atoms with E-state index in [1.807, 2.05) is 29.2 Å². The minimum atomic E-state index is -2.88. The average Bonchev–Trinajstić information content (AvgIpc) is 2.82. The van der Waals surface area contributed by atoms with Crippen LogP contribution in [0.15, 0.2) is 48.5 Å². The molecule has 6 nitrogen and oxygen atoms in total. The fourth-order valence-corrected chi connectivity index (χ4v) is 4.22. The van der Waals surface area contributed by atoms with Crippen molar-refractivity contribution in [1.29, 1.82) is 0 Å². The van der Waals surface area contributed by atoms with Crippen molar-refractivity contribution in [3.8, 4) is 11.5 Å². The summed E-state index contributed by atoms with van der Waals surface area (Å²) in [5.74, 6) is 0.155. The highest BCUT2D eigenvalue weighted by Crippen LogP contribution is 2.40. The van der Waals surface area contributed by atoms with Crippen molar-refractivity contribution in [1.82, 2.24) is 10.2 Å². The van der Waals surface area contributed by atoms with Crippen molar-refractivity contribution in [3.63, 3.8) is 0 Å². The highest BCUT2D eigenvalue weighted by Gasteiger charge is 2.41. The SMILES string of the molecule is CCCCN1C(=O)CCC(C(=O)NCc2ccc(OC(F)F)cc2)C1c1ccccc1OC. The van der Waals surface area contributed by atoms with Gasteiger partial charge in [0.25, 0.3) is 0 Å². The van der Waals surface area contributed by atoms with Gasteiger partial charge < -0.3 is 19.7 Å². The fraction of sp³-hybridized carbons (Fsp3) is 0.440. The number of carbonyl (C=O) groups excluding carboxylic acids is 2. The largest absolute Gasteiger partial charge is 0.496 e. The van der Waals surface area contributed by atoms with Crippen molar-refractivity contribution >= 4 is 11.8 Å². The van der Waals surface area contributed by atoms with Gasteiger partial charge in [-0.25, -0.2) is 0 Å². The van der Waals surface area contributed by atoms with Crippen LogP contribution in [-0.2, 0) is 16.1 Å². The minimum absolute atomic E-state index is 0.0398. The number of carbonyl (C=O) groups is 2. The Hall–Kier alpha value is -3.16. The number of nitrogens with one attached hydrogen (secondary N) is 1. The van der Waals surface area contributed by atoms with Crippen LogP contribution >= 0.6 is 0 Å². The Morgan fingerprint density at radius 3 is 2.58 bits per heavy atom. The monoisotopic (exact) mass is 460 g/mol. The Kier molecular flexibility index (Phi) is 8.63. The van der Waals surface area contributed by atoms with Crippen LogP contribution < -0.4 is 14.8 Å². The first-order chi connectivity index (χ1) is 15.9. The second kappa shape index (κ2) is 11.6. The number of likely N-dealkylation sites (tertiary alicyclic amines) is 1. The number of para-hydroxylation sites is 1. The smallest absolute Gasteiger partial charge is 0.387 e. The predicted molar refractivity (Wildman–Crippen MR) is 120 cm³/mol. The molecular weight excluding hydrogens is 430 g/mol. The third-order valence-corrected chi connectivity index (χ3v) is 5.87. The standard InChI is InChI=1S/C25H30F2N2O4/c1-3-4-15-29-22(30)14-13-20(23(29)19-7-5-6-8-21(19)32-2)24(31)28-16-17-9-11-18(12-10-17)33-25(26)27/h5-12,20,23,25H,3-4,13-16H2,1-2H3,(H,28,31). The van der Waals surface area contributed by atoms with Crippen molar-refractivity contribution in [2.75, 3.05) is 13.7 Å². The first kappa shape index (κ1) is 24.5. The summed E-state index contributed by atoms with van der Waals surface area (Å²) in [5, 5.41) is 2.95. The number of benzene rings is 2. The van der Waals surface area contributed by atoms with E-state index in [1.54, 1.807) is 19.2 Å². The lowest BCUT2D eigenvalue weighted by Gasteiger charge is -2.41. The molecule has 1 saturated heterocycles. The molecule has 1 fully saturated rings. The number of methoxy groups -OCH3 is 1. The van der Waals surface area contributed by atoms with Gasteiger partial charge in [0.2, 0.25) is 11.8 Å². The van der Waals surface area contributed by atoms with Gasteiger partial charge in [-0.1, -0.05) is 43.7 Å². The number of rotatable bonds is 10. The van der Waals surface area contributed by atoms with Gasteiger partial charge in [0.1, 0.15) is 11.5 Å². The maximum Gasteiger partial charge on any atom is 0.387 e. The molecular formula is C25H30F2N2O4. The van der Waals surface area contributed by atoms with Gasteiger partial charge >= 0.3 is 6.61 Å². The van der Waals surface area contributed by atoms with E-state index < -0.39 is 18.6 Å². The summed E-state index contributed by atoms with van der Waals surface area (Å²) in [7, 11) is 1.58. The Balaban J connectivity index is 1.79. The number of halogens is 2. The number of ether oxygens (including phenoxy) is 2. The molecule has 1 heterocycles. The molecule has 33 heavy (non-hydrogen) atoms. The Bertz CT molecular complexity index is 936. The Morgan fingerprint density at radius 1 is 1.18 bits per heavy atom. The predicted octanol–water partition coefficient (Wildman–Crippen LogP) is 4.69. The van der Waals surface area contributed by atoms with Crippen LogP contribution in [-0.4, -0.2) is 37.0 Å². The summed E-state index contributed by atoms with van der Waals surface area (Å²) >= 11 is 0. The molecule has 0 aromatic heterocycles. The summed E-state index contributed by atoms with van der Waals surface area (Å²) in [6, 6.07) is 13.2. The molecule has 0 radical (unpaired) electrons. The number of amides is 2. The van der Waals surface area contributed by atoms with Crippen molar-refractivity contribution in [3.05, 3.63) is 59.7 Å². The lowest BCUT2D eigenvalue weighted by molar-refractivity contribution is -0.143. The number of unbranched alkanes of at least 4 members (excludes halogenated alkanes) is 1. The molecule has 2 atom stereocenters. The molecule has 2 aromatic carbocycles. The summed E-state index contributed by atoms with van der Waals surface area (Å²) in [6.45, 7) is 0.000269. The fourth-order valence-electron chi connectivity index (χ4n) is 4.22. The summed E-state index contributed by atoms with van der Waals surface area (Å²) < 4.78 is 34.6. The first-order valence-corrected chi connectivity index (χ1v) is 11.2. The molecule has 0 aliphatic carbocycles. The number of nitrogens with zero attached hydrogens (tertiary/aromatic N) is 1. The van der Waals surface area contributed by atoms with Crippen LogP contribution in [0.1, 0.15) is 49.8 Å². The van der Waals surface area contributed by atoms with Gasteiger partial charge in [0, 0.05) is 25.1 Å². The van der Waals surface area contributed by atoms with Crippen LogP contribution in [0.2, 0.25) is 0 Å². The van der Waals surface area contributed by atoms with Gasteiger partial charge in [-0.05, 0) is 36.6 Å². The number of hydrogen-bond donors (Lipinski definition) is 1.